The van der Waals surface area contributed by atoms with Gasteiger partial charge in [-0.1, -0.05) is 0 Å². The molecule has 0 amide bonds. The molecule has 1 rings (SSSR count). The average Bonchev–Trinajstić information content (AvgIpc) is 2.18. The van der Waals surface area contributed by atoms with Crippen LogP contribution in [0.5, 0.6) is 0 Å². The molecule has 0 saturated heterocycles. The van der Waals surface area contributed by atoms with Gasteiger partial charge < -0.3 is 0 Å². The molecule has 0 bridgehead atoms. The quantitative estimate of drug-likeness (QED) is 0.324. The van der Waals surface area contributed by atoms with Gasteiger partial charge in [0.25, 0.3) is 0 Å². The van der Waals surface area contributed by atoms with Crippen molar-refractivity contribution < 1.29 is 0 Å². The summed E-state index contributed by atoms with van der Waals surface area (Å²) in [6.07, 6.45) is 7.93. The number of hydrogen-bond donors (Lipinski definition) is 0. The Bertz CT molecular complexity index is 177. The van der Waals surface area contributed by atoms with Gasteiger partial charge in [-0.3, -0.25) is 0 Å². The van der Waals surface area contributed by atoms with Crippen molar-refractivity contribution in [3.63, 3.8) is 0 Å². The third-order valence-electron chi connectivity index (χ3n) is 1.76. The number of hydrogen-bond acceptors (Lipinski definition) is 0. The van der Waals surface area contributed by atoms with E-state index in [1.807, 2.05) is 0 Å². The monoisotopic (exact) mass is 584 g/mol. The summed E-state index contributed by atoms with van der Waals surface area (Å²) in [5.41, 5.74) is 0. The SMILES string of the molecule is C1CCC[SeH]=[SeH][SeH]=[SeH][SeH]=[SeH]CCC1. The molecule has 0 N–H and O–H groups in total. The molecule has 0 atom stereocenters. The minimum atomic E-state index is 0.925. The van der Waals surface area contributed by atoms with Crippen LogP contribution in [0.3, 0.4) is 0 Å². The van der Waals surface area contributed by atoms with Crippen molar-refractivity contribution in [1.82, 2.24) is 0 Å². The van der Waals surface area contributed by atoms with E-state index in [-0.39, 0.29) is 0 Å². The van der Waals surface area contributed by atoms with Gasteiger partial charge in [0.1, 0.15) is 0 Å². The van der Waals surface area contributed by atoms with Crippen molar-refractivity contribution in [1.29, 1.82) is 0 Å². The second-order valence-electron chi connectivity index (χ2n) is 2.86. The summed E-state index contributed by atoms with van der Waals surface area (Å²) in [4.78, 5) is 0. The van der Waals surface area contributed by atoms with Crippen LogP contribution in [0.25, 0.3) is 0 Å². The first kappa shape index (κ1) is 14.2. The van der Waals surface area contributed by atoms with E-state index in [9.17, 15) is 0 Å². The summed E-state index contributed by atoms with van der Waals surface area (Å²) in [5, 5.41) is 3.38. The fourth-order valence-corrected chi connectivity index (χ4v) is 195. The zero-order chi connectivity index (χ0) is 9.19. The molecule has 0 radical (unpaired) electrons. The number of rotatable bonds is 0. The second-order valence-corrected chi connectivity index (χ2v) is 61.9. The van der Waals surface area contributed by atoms with Gasteiger partial charge in [0, 0.05) is 0 Å². The van der Waals surface area contributed by atoms with Gasteiger partial charge in [0.05, 0.1) is 0 Å². The van der Waals surface area contributed by atoms with Crippen LogP contribution in [0.15, 0.2) is 0 Å². The van der Waals surface area contributed by atoms with Crippen LogP contribution in [0.4, 0.5) is 0 Å². The fraction of sp³-hybridized carbons (Fsp3) is 1.00. The summed E-state index contributed by atoms with van der Waals surface area (Å²) >= 11 is 1.85. The Kier molecular flexibility index (Phi) is 12.6. The summed E-state index contributed by atoms with van der Waals surface area (Å²) in [7, 11) is 4.09. The molecule has 0 fully saturated rings. The van der Waals surface area contributed by atoms with Crippen molar-refractivity contribution in [2.24, 2.45) is 0 Å². The van der Waals surface area contributed by atoms with Gasteiger partial charge in [-0.05, 0) is 0 Å². The molecule has 6 heteroatoms. The molecule has 0 aromatic rings. The Morgan fingerprint density at radius 3 is 1.46 bits per heavy atom. The molecule has 1 aliphatic heterocycles. The third-order valence-corrected chi connectivity index (χ3v) is 113. The van der Waals surface area contributed by atoms with Crippen molar-refractivity contribution in [2.45, 2.75) is 42.7 Å². The zero-order valence-electron chi connectivity index (χ0n) is 7.63. The molecule has 0 nitrogen and oxygen atoms in total. The predicted molar refractivity (Wildman–Crippen MR) is 75.6 cm³/mol. The molecule has 0 aliphatic carbocycles. The van der Waals surface area contributed by atoms with Gasteiger partial charge in [-0.15, -0.1) is 0 Å². The Balaban J connectivity index is 2.29. The van der Waals surface area contributed by atoms with Gasteiger partial charge in [0.15, 0.2) is 0 Å². The normalized spacial score (nSPS) is 24.0. The Hall–Kier alpha value is 3.12. The molecule has 0 unspecified atom stereocenters. The molecule has 0 aromatic carbocycles. The van der Waals surface area contributed by atoms with Crippen molar-refractivity contribution in [3.8, 4) is 0 Å². The first-order valence-electron chi connectivity index (χ1n) is 4.63. The predicted octanol–water partition coefficient (Wildman–Crippen LogP) is -1.02. The topological polar surface area (TPSA) is 0 Å². The Labute approximate surface area is 109 Å². The molecule has 1 aliphatic rings. The zero-order valence-corrected chi connectivity index (χ0v) is 18.9. The first-order chi connectivity index (χ1) is 6.50. The molecule has 1 heterocycles. The van der Waals surface area contributed by atoms with Crippen LogP contribution >= 0.6 is 0 Å². The van der Waals surface area contributed by atoms with Gasteiger partial charge >= 0.3 is 111 Å². The van der Waals surface area contributed by atoms with E-state index in [0.29, 0.717) is 0 Å². The molecule has 13 heavy (non-hydrogen) atoms. The standard InChI is InChI=1S/C7H20Se6/c1-2-4-6-8-10-12-13-11-9-7-5-3-1/h8-13H,1-7H2. The summed E-state index contributed by atoms with van der Waals surface area (Å²) in [5.74, 6) is 0. The molecular weight excluding hydrogens is 558 g/mol. The van der Waals surface area contributed by atoms with Crippen molar-refractivity contribution in [3.05, 3.63) is 0 Å². The van der Waals surface area contributed by atoms with E-state index in [0.717, 1.165) is 68.3 Å². The minimum absolute atomic E-state index is 0.925. The average molecular weight is 578 g/mol. The molecule has 0 aromatic heterocycles. The summed E-state index contributed by atoms with van der Waals surface area (Å²) in [6, 6.07) is 0. The van der Waals surface area contributed by atoms with Gasteiger partial charge in [-0.2, -0.15) is 0 Å². The summed E-state index contributed by atoms with van der Waals surface area (Å²) < 4.78 is 0. The first-order valence-corrected chi connectivity index (χ1v) is 33.3. The van der Waals surface area contributed by atoms with Gasteiger partial charge in [0.2, 0.25) is 0 Å². The van der Waals surface area contributed by atoms with E-state index >= 15 is 0 Å². The van der Waals surface area contributed by atoms with E-state index in [1.54, 1.807) is 42.7 Å². The Morgan fingerprint density at radius 2 is 0.923 bits per heavy atom. The third kappa shape index (κ3) is 10.0. The van der Waals surface area contributed by atoms with E-state index in [4.69, 9.17) is 0 Å². The van der Waals surface area contributed by atoms with Crippen LogP contribution in [0.2, 0.25) is 10.6 Å². The molecule has 0 saturated carbocycles. The maximum atomic E-state index is 1.69. The van der Waals surface area contributed by atoms with Crippen molar-refractivity contribution >= 4 is 68.3 Å². The molecule has 84 valence electrons. The molecule has 0 spiro atoms. The van der Waals surface area contributed by atoms with Crippen molar-refractivity contribution in [2.75, 3.05) is 0 Å². The van der Waals surface area contributed by atoms with Crippen LogP contribution < -0.4 is 0 Å². The maximum absolute atomic E-state index is 1.69. The van der Waals surface area contributed by atoms with Crippen LogP contribution in [-0.2, 0) is 0 Å². The second kappa shape index (κ2) is 11.6. The summed E-state index contributed by atoms with van der Waals surface area (Å²) in [6.45, 7) is 0. The van der Waals surface area contributed by atoms with Crippen LogP contribution in [-0.4, -0.2) is 68.3 Å². The molecular formula is C7H20Se6. The van der Waals surface area contributed by atoms with Gasteiger partial charge in [-0.25, -0.2) is 0 Å². The van der Waals surface area contributed by atoms with Crippen LogP contribution in [0.1, 0.15) is 32.1 Å². The fourth-order valence-electron chi connectivity index (χ4n) is 1.08. The van der Waals surface area contributed by atoms with Crippen LogP contribution in [0, 0.1) is 0 Å². The van der Waals surface area contributed by atoms with E-state index in [2.05, 4.69) is 0 Å². The Morgan fingerprint density at radius 1 is 0.462 bits per heavy atom. The van der Waals surface area contributed by atoms with E-state index in [1.165, 1.54) is 0 Å². The van der Waals surface area contributed by atoms with E-state index < -0.39 is 0 Å².